The average molecular weight is 176 g/mol. The second-order valence-electron chi connectivity index (χ2n) is 3.67. The van der Waals surface area contributed by atoms with Crippen molar-refractivity contribution in [2.75, 3.05) is 6.54 Å². The Morgan fingerprint density at radius 3 is 2.36 bits per heavy atom. The highest BCUT2D eigenvalue weighted by Crippen LogP contribution is 2.05. The topological polar surface area (TPSA) is 61.4 Å². The van der Waals surface area contributed by atoms with Gasteiger partial charge in [-0.05, 0) is 6.04 Å². The molecule has 0 fully saturated rings. The minimum absolute atomic E-state index is 0.724. The molecule has 3 N–H and O–H groups in total. The van der Waals surface area contributed by atoms with E-state index < -0.39 is 14.2 Å². The van der Waals surface area contributed by atoms with Crippen LogP contribution in [0.15, 0.2) is 0 Å². The van der Waals surface area contributed by atoms with Crippen molar-refractivity contribution in [3.05, 3.63) is 0 Å². The highest BCUT2D eigenvalue weighted by molar-refractivity contribution is 6.76. The third-order valence-corrected chi connectivity index (χ3v) is 2.95. The quantitative estimate of drug-likeness (QED) is 0.341. The number of carboxylic acid groups (broad SMARTS) is 1. The third-order valence-electron chi connectivity index (χ3n) is 1.20. The van der Waals surface area contributed by atoms with E-state index in [1.54, 1.807) is 0 Å². The molecule has 0 rings (SSSR count). The summed E-state index contributed by atoms with van der Waals surface area (Å²) < 4.78 is 0. The monoisotopic (exact) mass is 176 g/mol. The van der Waals surface area contributed by atoms with Crippen molar-refractivity contribution >= 4 is 14.2 Å². The van der Waals surface area contributed by atoms with Crippen molar-refractivity contribution in [2.24, 2.45) is 0 Å². The first-order chi connectivity index (χ1) is 4.92. The summed E-state index contributed by atoms with van der Waals surface area (Å²) >= 11 is 0. The van der Waals surface area contributed by atoms with Gasteiger partial charge in [-0.1, -0.05) is 19.6 Å². The number of hydrogen-bond acceptors (Lipinski definition) is 2. The summed E-state index contributed by atoms with van der Waals surface area (Å²) in [6.07, 6.45) is -1.03. The highest BCUT2D eigenvalue weighted by atomic mass is 28.3. The predicted molar refractivity (Wildman–Crippen MR) is 47.3 cm³/mol. The SMILES string of the molecule is C[Si](C)(C)CCNNC(=O)O. The Morgan fingerprint density at radius 1 is 1.45 bits per heavy atom. The summed E-state index contributed by atoms with van der Waals surface area (Å²) in [5.41, 5.74) is 4.73. The standard InChI is InChI=1S/C6H16N2O2Si/c1-11(2,3)5-4-7-8-6(9)10/h7-8H,4-5H2,1-3H3,(H,9,10). The zero-order valence-electron chi connectivity index (χ0n) is 7.27. The highest BCUT2D eigenvalue weighted by Gasteiger charge is 2.11. The number of carbonyl (C=O) groups is 1. The zero-order valence-corrected chi connectivity index (χ0v) is 8.27. The van der Waals surface area contributed by atoms with E-state index in [0.29, 0.717) is 0 Å². The largest absolute Gasteiger partial charge is 0.464 e. The summed E-state index contributed by atoms with van der Waals surface area (Å²) in [5.74, 6) is 0. The fraction of sp³-hybridized carbons (Fsp3) is 0.833. The first-order valence-corrected chi connectivity index (χ1v) is 7.34. The van der Waals surface area contributed by atoms with Gasteiger partial charge in [0.25, 0.3) is 0 Å². The number of hydrogen-bond donors (Lipinski definition) is 3. The molecule has 0 aliphatic rings. The van der Waals surface area contributed by atoms with Crippen LogP contribution in [0.3, 0.4) is 0 Å². The fourth-order valence-corrected chi connectivity index (χ4v) is 1.45. The number of nitrogens with one attached hydrogen (secondary N) is 2. The Balaban J connectivity index is 3.22. The van der Waals surface area contributed by atoms with Gasteiger partial charge in [0.15, 0.2) is 0 Å². The van der Waals surface area contributed by atoms with Gasteiger partial charge in [-0.15, -0.1) is 0 Å². The second-order valence-corrected chi connectivity index (χ2v) is 9.29. The Kier molecular flexibility index (Phi) is 4.13. The molecule has 66 valence electrons. The van der Waals surface area contributed by atoms with Crippen LogP contribution in [0.4, 0.5) is 4.79 Å². The Labute approximate surface area is 68.0 Å². The maximum absolute atomic E-state index is 9.96. The van der Waals surface area contributed by atoms with Gasteiger partial charge in [0.05, 0.1) is 0 Å². The van der Waals surface area contributed by atoms with Crippen LogP contribution < -0.4 is 10.9 Å². The summed E-state index contributed by atoms with van der Waals surface area (Å²) in [5, 5.41) is 8.18. The van der Waals surface area contributed by atoms with Gasteiger partial charge in [0, 0.05) is 14.6 Å². The van der Waals surface area contributed by atoms with Crippen LogP contribution in [0.5, 0.6) is 0 Å². The van der Waals surface area contributed by atoms with E-state index in [4.69, 9.17) is 5.11 Å². The minimum Gasteiger partial charge on any atom is -0.464 e. The van der Waals surface area contributed by atoms with Crippen LogP contribution in [-0.2, 0) is 0 Å². The molecule has 0 unspecified atom stereocenters. The molecule has 1 amide bonds. The smallest absolute Gasteiger partial charge is 0.419 e. The lowest BCUT2D eigenvalue weighted by Crippen LogP contribution is -2.39. The van der Waals surface area contributed by atoms with Crippen LogP contribution in [0.25, 0.3) is 0 Å². The Bertz CT molecular complexity index is 133. The normalized spacial score (nSPS) is 11.2. The number of rotatable bonds is 4. The van der Waals surface area contributed by atoms with Crippen LogP contribution in [-0.4, -0.2) is 25.8 Å². The molecule has 0 aromatic heterocycles. The first-order valence-electron chi connectivity index (χ1n) is 3.63. The minimum atomic E-state index is -1.03. The predicted octanol–water partition coefficient (Wildman–Crippen LogP) is 1.10. The van der Waals surface area contributed by atoms with Gasteiger partial charge < -0.3 is 5.11 Å². The molecule has 0 heterocycles. The molecular formula is C6H16N2O2Si. The number of amides is 1. The molecule has 11 heavy (non-hydrogen) atoms. The molecule has 0 radical (unpaired) electrons. The summed E-state index contributed by atoms with van der Waals surface area (Å²) in [6, 6.07) is 1.08. The van der Waals surface area contributed by atoms with Gasteiger partial charge in [0.2, 0.25) is 0 Å². The van der Waals surface area contributed by atoms with E-state index >= 15 is 0 Å². The fourth-order valence-electron chi connectivity index (χ4n) is 0.576. The second kappa shape index (κ2) is 4.35. The van der Waals surface area contributed by atoms with Crippen molar-refractivity contribution in [3.8, 4) is 0 Å². The maximum Gasteiger partial charge on any atom is 0.419 e. The van der Waals surface area contributed by atoms with E-state index in [1.807, 2.05) is 0 Å². The van der Waals surface area contributed by atoms with Gasteiger partial charge in [-0.2, -0.15) is 0 Å². The van der Waals surface area contributed by atoms with Gasteiger partial charge in [0.1, 0.15) is 0 Å². The maximum atomic E-state index is 9.96. The van der Waals surface area contributed by atoms with E-state index in [1.165, 1.54) is 0 Å². The van der Waals surface area contributed by atoms with Crippen molar-refractivity contribution < 1.29 is 9.90 Å². The van der Waals surface area contributed by atoms with Gasteiger partial charge in [-0.3, -0.25) is 5.43 Å². The molecule has 0 aromatic rings. The summed E-state index contributed by atoms with van der Waals surface area (Å²) in [6.45, 7) is 7.46. The van der Waals surface area contributed by atoms with Crippen molar-refractivity contribution in [1.29, 1.82) is 0 Å². The zero-order chi connectivity index (χ0) is 8.91. The molecular weight excluding hydrogens is 160 g/mol. The van der Waals surface area contributed by atoms with Gasteiger partial charge >= 0.3 is 6.09 Å². The molecule has 4 nitrogen and oxygen atoms in total. The lowest BCUT2D eigenvalue weighted by Gasteiger charge is -2.15. The Morgan fingerprint density at radius 2 is 2.00 bits per heavy atom. The summed E-state index contributed by atoms with van der Waals surface area (Å²) in [7, 11) is -1.02. The van der Waals surface area contributed by atoms with E-state index in [9.17, 15) is 4.79 Å². The van der Waals surface area contributed by atoms with Crippen molar-refractivity contribution in [1.82, 2.24) is 10.9 Å². The van der Waals surface area contributed by atoms with E-state index in [2.05, 4.69) is 30.5 Å². The van der Waals surface area contributed by atoms with Crippen LogP contribution in [0, 0.1) is 0 Å². The van der Waals surface area contributed by atoms with Crippen LogP contribution in [0.2, 0.25) is 25.7 Å². The van der Waals surface area contributed by atoms with E-state index in [-0.39, 0.29) is 0 Å². The molecule has 0 bridgehead atoms. The molecule has 0 saturated heterocycles. The van der Waals surface area contributed by atoms with Crippen molar-refractivity contribution in [2.45, 2.75) is 25.7 Å². The number of hydrazine groups is 1. The summed E-state index contributed by atoms with van der Waals surface area (Å²) in [4.78, 5) is 9.96. The molecule has 0 spiro atoms. The molecule has 0 aliphatic carbocycles. The first kappa shape index (κ1) is 10.4. The Hall–Kier alpha value is -0.553. The average Bonchev–Trinajstić information content (AvgIpc) is 1.78. The lowest BCUT2D eigenvalue weighted by atomic mass is 10.8. The van der Waals surface area contributed by atoms with Crippen molar-refractivity contribution in [3.63, 3.8) is 0 Å². The lowest BCUT2D eigenvalue weighted by molar-refractivity contribution is 0.189. The molecule has 5 heteroatoms. The van der Waals surface area contributed by atoms with Gasteiger partial charge in [-0.25, -0.2) is 10.2 Å². The third kappa shape index (κ3) is 9.45. The molecule has 0 saturated carbocycles. The molecule has 0 aromatic carbocycles. The molecule has 0 aliphatic heterocycles. The molecule has 0 atom stereocenters. The van der Waals surface area contributed by atoms with Crippen LogP contribution >= 0.6 is 0 Å². The van der Waals surface area contributed by atoms with Crippen LogP contribution in [0.1, 0.15) is 0 Å². The van der Waals surface area contributed by atoms with E-state index in [0.717, 1.165) is 12.6 Å².